The van der Waals surface area contributed by atoms with E-state index < -0.39 is 41.0 Å². The standard InChI is InChI=1S/C19H15F4N3O4/c1-30-17(28)14-7-12(8-15-13(14)2-3-26(15)18(24)29)25-16(27)9-4-10(19(21,22)23)6-11(20)5-9/h4-8H,2-3H2,1H3,(H2,24,29)(H,25,27). The van der Waals surface area contributed by atoms with E-state index in [-0.39, 0.29) is 29.5 Å². The molecule has 3 N–H and O–H groups in total. The van der Waals surface area contributed by atoms with Crippen LogP contribution in [0.3, 0.4) is 0 Å². The van der Waals surface area contributed by atoms with Crippen LogP contribution in [0.2, 0.25) is 0 Å². The molecule has 0 aliphatic carbocycles. The number of nitrogens with two attached hydrogens (primary N) is 1. The van der Waals surface area contributed by atoms with E-state index in [1.165, 1.54) is 17.0 Å². The molecule has 158 valence electrons. The van der Waals surface area contributed by atoms with Crippen molar-refractivity contribution in [2.75, 3.05) is 23.9 Å². The first-order chi connectivity index (χ1) is 14.0. The van der Waals surface area contributed by atoms with Crippen LogP contribution >= 0.6 is 0 Å². The molecule has 3 amide bonds. The van der Waals surface area contributed by atoms with Gasteiger partial charge in [0, 0.05) is 17.8 Å². The summed E-state index contributed by atoms with van der Waals surface area (Å²) in [5.41, 5.74) is 4.21. The van der Waals surface area contributed by atoms with Gasteiger partial charge in [0.2, 0.25) is 0 Å². The Hall–Kier alpha value is -3.63. The minimum Gasteiger partial charge on any atom is -0.465 e. The number of amides is 3. The molecule has 7 nitrogen and oxygen atoms in total. The van der Waals surface area contributed by atoms with Crippen LogP contribution < -0.4 is 16.0 Å². The molecular formula is C19H15F4N3O4. The van der Waals surface area contributed by atoms with Crippen LogP contribution in [0.5, 0.6) is 0 Å². The third-order valence-corrected chi connectivity index (χ3v) is 4.52. The van der Waals surface area contributed by atoms with Gasteiger partial charge >= 0.3 is 18.2 Å². The number of ether oxygens (including phenoxy) is 1. The number of anilines is 2. The molecule has 2 aromatic rings. The molecule has 0 radical (unpaired) electrons. The number of carbonyl (C=O) groups excluding carboxylic acids is 3. The van der Waals surface area contributed by atoms with E-state index in [1.54, 1.807) is 0 Å². The third-order valence-electron chi connectivity index (χ3n) is 4.52. The zero-order chi connectivity index (χ0) is 22.2. The fourth-order valence-electron chi connectivity index (χ4n) is 3.19. The molecule has 0 aromatic heterocycles. The molecule has 0 unspecified atom stereocenters. The van der Waals surface area contributed by atoms with Gasteiger partial charge in [0.1, 0.15) is 5.82 Å². The Labute approximate surface area is 167 Å². The number of primary amides is 1. The predicted molar refractivity (Wildman–Crippen MR) is 97.8 cm³/mol. The Bertz CT molecular complexity index is 1050. The second-order valence-corrected chi connectivity index (χ2v) is 6.43. The molecule has 0 saturated heterocycles. The molecule has 0 saturated carbocycles. The summed E-state index contributed by atoms with van der Waals surface area (Å²) in [4.78, 5) is 37.4. The lowest BCUT2D eigenvalue weighted by molar-refractivity contribution is -0.137. The normalized spacial score (nSPS) is 13.0. The molecule has 1 aliphatic heterocycles. The molecule has 0 bridgehead atoms. The molecule has 3 rings (SSSR count). The third kappa shape index (κ3) is 4.04. The summed E-state index contributed by atoms with van der Waals surface area (Å²) < 4.78 is 57.0. The van der Waals surface area contributed by atoms with E-state index in [2.05, 4.69) is 5.32 Å². The minimum absolute atomic E-state index is 0.00915. The van der Waals surface area contributed by atoms with Gasteiger partial charge in [-0.25, -0.2) is 14.0 Å². The zero-order valence-corrected chi connectivity index (χ0v) is 15.5. The maximum atomic E-state index is 13.6. The number of hydrogen-bond donors (Lipinski definition) is 2. The van der Waals surface area contributed by atoms with E-state index >= 15 is 0 Å². The van der Waals surface area contributed by atoms with Gasteiger partial charge in [-0.15, -0.1) is 0 Å². The molecule has 2 aromatic carbocycles. The van der Waals surface area contributed by atoms with Crippen LogP contribution in [-0.4, -0.2) is 31.6 Å². The highest BCUT2D eigenvalue weighted by molar-refractivity contribution is 6.07. The summed E-state index contributed by atoms with van der Waals surface area (Å²) in [7, 11) is 1.15. The van der Waals surface area contributed by atoms with Gasteiger partial charge in [0.25, 0.3) is 5.91 Å². The lowest BCUT2D eigenvalue weighted by Gasteiger charge is -2.17. The maximum absolute atomic E-state index is 13.6. The number of alkyl halides is 3. The van der Waals surface area contributed by atoms with E-state index in [1.807, 2.05) is 0 Å². The van der Waals surface area contributed by atoms with Crippen molar-refractivity contribution in [3.63, 3.8) is 0 Å². The summed E-state index contributed by atoms with van der Waals surface area (Å²) in [6, 6.07) is 3.25. The van der Waals surface area contributed by atoms with E-state index in [0.29, 0.717) is 24.1 Å². The average Bonchev–Trinajstić information content (AvgIpc) is 3.09. The summed E-state index contributed by atoms with van der Waals surface area (Å²) in [5, 5.41) is 2.31. The van der Waals surface area contributed by atoms with Crippen molar-refractivity contribution in [1.82, 2.24) is 0 Å². The lowest BCUT2D eigenvalue weighted by atomic mass is 10.0. The van der Waals surface area contributed by atoms with Crippen molar-refractivity contribution in [3.8, 4) is 0 Å². The maximum Gasteiger partial charge on any atom is 0.416 e. The number of rotatable bonds is 3. The van der Waals surface area contributed by atoms with Crippen LogP contribution in [0, 0.1) is 5.82 Å². The second-order valence-electron chi connectivity index (χ2n) is 6.43. The first-order valence-corrected chi connectivity index (χ1v) is 8.52. The van der Waals surface area contributed by atoms with Crippen LogP contribution in [0.25, 0.3) is 0 Å². The van der Waals surface area contributed by atoms with Crippen molar-refractivity contribution in [2.24, 2.45) is 5.73 Å². The topological polar surface area (TPSA) is 102 Å². The Morgan fingerprint density at radius 2 is 1.83 bits per heavy atom. The van der Waals surface area contributed by atoms with Gasteiger partial charge in [-0.3, -0.25) is 9.69 Å². The molecule has 1 heterocycles. The number of urea groups is 1. The summed E-state index contributed by atoms with van der Waals surface area (Å²) in [5.74, 6) is -3.02. The van der Waals surface area contributed by atoms with Gasteiger partial charge in [0.15, 0.2) is 0 Å². The molecule has 0 atom stereocenters. The van der Waals surface area contributed by atoms with Crippen LogP contribution in [0.4, 0.5) is 33.7 Å². The number of halogens is 4. The van der Waals surface area contributed by atoms with Gasteiger partial charge in [-0.2, -0.15) is 13.2 Å². The van der Waals surface area contributed by atoms with E-state index in [4.69, 9.17) is 10.5 Å². The lowest BCUT2D eigenvalue weighted by Crippen LogP contribution is -2.34. The molecule has 0 fully saturated rings. The van der Waals surface area contributed by atoms with Gasteiger partial charge in [-0.1, -0.05) is 0 Å². The molecule has 0 spiro atoms. The number of hydrogen-bond acceptors (Lipinski definition) is 4. The molecule has 30 heavy (non-hydrogen) atoms. The van der Waals surface area contributed by atoms with Crippen molar-refractivity contribution >= 4 is 29.3 Å². The highest BCUT2D eigenvalue weighted by Gasteiger charge is 2.32. The monoisotopic (exact) mass is 425 g/mol. The highest BCUT2D eigenvalue weighted by Crippen LogP contribution is 2.35. The summed E-state index contributed by atoms with van der Waals surface area (Å²) in [6.07, 6.45) is -4.53. The van der Waals surface area contributed by atoms with Crippen molar-refractivity contribution in [3.05, 3.63) is 58.4 Å². The fraction of sp³-hybridized carbons (Fsp3) is 0.211. The average molecular weight is 425 g/mol. The van der Waals surface area contributed by atoms with Crippen molar-refractivity contribution in [1.29, 1.82) is 0 Å². The Kier molecular flexibility index (Phi) is 5.38. The summed E-state index contributed by atoms with van der Waals surface area (Å²) in [6.45, 7) is 0.199. The quantitative estimate of drug-likeness (QED) is 0.582. The Morgan fingerprint density at radius 1 is 1.13 bits per heavy atom. The predicted octanol–water partition coefficient (Wildman–Crippen LogP) is 3.32. The number of carbonyl (C=O) groups is 3. The fourth-order valence-corrected chi connectivity index (χ4v) is 3.19. The second kappa shape index (κ2) is 7.65. The Balaban J connectivity index is 2.00. The van der Waals surface area contributed by atoms with Gasteiger partial charge in [-0.05, 0) is 42.3 Å². The van der Waals surface area contributed by atoms with Crippen LogP contribution in [0.1, 0.15) is 31.8 Å². The largest absolute Gasteiger partial charge is 0.465 e. The molecule has 11 heteroatoms. The van der Waals surface area contributed by atoms with Crippen LogP contribution in [-0.2, 0) is 17.3 Å². The number of benzene rings is 2. The van der Waals surface area contributed by atoms with Crippen molar-refractivity contribution in [2.45, 2.75) is 12.6 Å². The SMILES string of the molecule is COC(=O)c1cc(NC(=O)c2cc(F)cc(C(F)(F)F)c2)cc2c1CCN2C(N)=O. The Morgan fingerprint density at radius 3 is 2.43 bits per heavy atom. The minimum atomic E-state index is -4.84. The van der Waals surface area contributed by atoms with E-state index in [9.17, 15) is 31.9 Å². The number of esters is 1. The summed E-state index contributed by atoms with van der Waals surface area (Å²) >= 11 is 0. The van der Waals surface area contributed by atoms with E-state index in [0.717, 1.165) is 7.11 Å². The molecule has 1 aliphatic rings. The number of nitrogens with zero attached hydrogens (tertiary/aromatic N) is 1. The number of nitrogens with one attached hydrogen (secondary N) is 1. The molecular weight excluding hydrogens is 410 g/mol. The van der Waals surface area contributed by atoms with Gasteiger partial charge in [0.05, 0.1) is 23.9 Å². The first-order valence-electron chi connectivity index (χ1n) is 8.52. The van der Waals surface area contributed by atoms with Gasteiger partial charge < -0.3 is 15.8 Å². The van der Waals surface area contributed by atoms with Crippen molar-refractivity contribution < 1.29 is 36.7 Å². The highest BCUT2D eigenvalue weighted by atomic mass is 19.4. The van der Waals surface area contributed by atoms with Crippen LogP contribution in [0.15, 0.2) is 30.3 Å². The smallest absolute Gasteiger partial charge is 0.416 e. The number of methoxy groups -OCH3 is 1. The number of fused-ring (bicyclic) bond motifs is 1. The zero-order valence-electron chi connectivity index (χ0n) is 15.5. The first kappa shape index (κ1) is 21.1.